The van der Waals surface area contributed by atoms with Crippen molar-refractivity contribution in [1.29, 1.82) is 0 Å². The molecule has 2 N–H and O–H groups in total. The van der Waals surface area contributed by atoms with Gasteiger partial charge in [-0.1, -0.05) is 0 Å². The van der Waals surface area contributed by atoms with E-state index in [-0.39, 0.29) is 0 Å². The van der Waals surface area contributed by atoms with Gasteiger partial charge < -0.3 is 4.74 Å². The van der Waals surface area contributed by atoms with Gasteiger partial charge in [-0.25, -0.2) is 9.78 Å². The summed E-state index contributed by atoms with van der Waals surface area (Å²) in [6.45, 7) is 5.29. The molecule has 2 rings (SSSR count). The van der Waals surface area contributed by atoms with Crippen molar-refractivity contribution in [3.63, 3.8) is 0 Å². The number of pyridine rings is 1. The molecule has 1 aliphatic rings. The minimum atomic E-state index is -0.595. The molecule has 1 aromatic rings. The van der Waals surface area contributed by atoms with Gasteiger partial charge in [-0.2, -0.15) is 0 Å². The number of nitrogens with zero attached hydrogens (tertiary/aromatic N) is 1. The number of hydrogen-bond acceptors (Lipinski definition) is 6. The summed E-state index contributed by atoms with van der Waals surface area (Å²) in [5.41, 5.74) is 0.0516. The van der Waals surface area contributed by atoms with Crippen LogP contribution < -0.4 is 10.6 Å². The molecular formula is C14H15N3O4S. The number of thioether (sulfide) groups is 1. The number of ether oxygens (including phenoxy) is 1. The van der Waals surface area contributed by atoms with E-state index in [0.717, 1.165) is 11.8 Å². The summed E-state index contributed by atoms with van der Waals surface area (Å²) in [7, 11) is 0. The van der Waals surface area contributed by atoms with E-state index in [1.165, 1.54) is 6.20 Å². The fourth-order valence-corrected chi connectivity index (χ4v) is 2.23. The highest BCUT2D eigenvalue weighted by molar-refractivity contribution is 8.18. The topological polar surface area (TPSA) is 97.4 Å². The fraction of sp³-hybridized carbons (Fsp3) is 0.286. The third-order valence-electron chi connectivity index (χ3n) is 2.36. The average molecular weight is 321 g/mol. The maximum atomic E-state index is 11.6. The van der Waals surface area contributed by atoms with Crippen LogP contribution in [0.4, 0.5) is 15.4 Å². The van der Waals surface area contributed by atoms with Crippen LogP contribution in [-0.4, -0.2) is 27.8 Å². The zero-order valence-corrected chi connectivity index (χ0v) is 13.1. The molecule has 8 heteroatoms. The van der Waals surface area contributed by atoms with Gasteiger partial charge in [-0.15, -0.1) is 0 Å². The Kier molecular flexibility index (Phi) is 4.51. The first-order chi connectivity index (χ1) is 10.2. The molecule has 2 heterocycles. The lowest BCUT2D eigenvalue weighted by atomic mass is 10.2. The van der Waals surface area contributed by atoms with Gasteiger partial charge in [0.2, 0.25) is 0 Å². The van der Waals surface area contributed by atoms with Crippen LogP contribution in [0.3, 0.4) is 0 Å². The minimum absolute atomic E-state index is 0.305. The normalized spacial score (nSPS) is 16.6. The van der Waals surface area contributed by atoms with Gasteiger partial charge in [-0.05, 0) is 56.3 Å². The second-order valence-corrected chi connectivity index (χ2v) is 6.47. The predicted octanol–water partition coefficient (Wildman–Crippen LogP) is 2.75. The molecule has 1 aliphatic heterocycles. The van der Waals surface area contributed by atoms with Crippen LogP contribution in [0.1, 0.15) is 26.3 Å². The van der Waals surface area contributed by atoms with Crippen LogP contribution in [-0.2, 0) is 9.53 Å². The smallest absolute Gasteiger partial charge is 0.413 e. The van der Waals surface area contributed by atoms with Crippen molar-refractivity contribution in [2.45, 2.75) is 26.4 Å². The van der Waals surface area contributed by atoms with Crippen molar-refractivity contribution in [2.75, 3.05) is 5.32 Å². The third kappa shape index (κ3) is 4.59. The molecule has 22 heavy (non-hydrogen) atoms. The number of aromatic nitrogens is 1. The zero-order chi connectivity index (χ0) is 16.3. The number of hydrogen-bond donors (Lipinski definition) is 2. The SMILES string of the molecule is CC(C)(C)OC(=O)Nc1ccc(/C=C2\SC(=O)NC2=O)cn1. The summed E-state index contributed by atoms with van der Waals surface area (Å²) in [5.74, 6) is -0.0954. The van der Waals surface area contributed by atoms with Crippen LogP contribution in [0, 0.1) is 0 Å². The molecule has 0 atom stereocenters. The van der Waals surface area contributed by atoms with Gasteiger partial charge in [0.1, 0.15) is 11.4 Å². The number of carbonyl (C=O) groups excluding carboxylic acids is 3. The van der Waals surface area contributed by atoms with E-state index in [9.17, 15) is 14.4 Å². The molecule has 0 spiro atoms. The molecule has 116 valence electrons. The van der Waals surface area contributed by atoms with Gasteiger partial charge in [0, 0.05) is 6.20 Å². The number of carbonyl (C=O) groups is 3. The first kappa shape index (κ1) is 16.0. The summed E-state index contributed by atoms with van der Waals surface area (Å²) >= 11 is 0.834. The van der Waals surface area contributed by atoms with Gasteiger partial charge in [0.25, 0.3) is 11.1 Å². The van der Waals surface area contributed by atoms with Crippen molar-refractivity contribution in [3.05, 3.63) is 28.8 Å². The van der Waals surface area contributed by atoms with E-state index in [0.29, 0.717) is 16.3 Å². The Morgan fingerprint density at radius 3 is 2.59 bits per heavy atom. The Morgan fingerprint density at radius 2 is 2.09 bits per heavy atom. The van der Waals surface area contributed by atoms with Crippen molar-refractivity contribution >= 4 is 40.9 Å². The molecule has 0 radical (unpaired) electrons. The lowest BCUT2D eigenvalue weighted by Gasteiger charge is -2.19. The molecule has 0 bridgehead atoms. The standard InChI is InChI=1S/C14H15N3O4S/c1-14(2,3)21-12(19)16-10-5-4-8(7-15-10)6-9-11(18)17-13(20)22-9/h4-7H,1-3H3,(H,15,16,19)(H,17,18,20)/b9-6-. The lowest BCUT2D eigenvalue weighted by Crippen LogP contribution is -2.27. The highest BCUT2D eigenvalue weighted by atomic mass is 32.2. The van der Waals surface area contributed by atoms with E-state index in [1.807, 2.05) is 0 Å². The lowest BCUT2D eigenvalue weighted by molar-refractivity contribution is -0.115. The second-order valence-electron chi connectivity index (χ2n) is 5.46. The number of amides is 3. The number of anilines is 1. The van der Waals surface area contributed by atoms with Gasteiger partial charge in [0.15, 0.2) is 0 Å². The summed E-state index contributed by atoms with van der Waals surface area (Å²) in [5, 5.41) is 4.28. The fourth-order valence-electron chi connectivity index (χ4n) is 1.55. The highest BCUT2D eigenvalue weighted by Crippen LogP contribution is 2.25. The van der Waals surface area contributed by atoms with Gasteiger partial charge >= 0.3 is 6.09 Å². The highest BCUT2D eigenvalue weighted by Gasteiger charge is 2.24. The van der Waals surface area contributed by atoms with E-state index < -0.39 is 22.8 Å². The zero-order valence-electron chi connectivity index (χ0n) is 12.3. The van der Waals surface area contributed by atoms with Crippen LogP contribution in [0.15, 0.2) is 23.2 Å². The minimum Gasteiger partial charge on any atom is -0.444 e. The number of imide groups is 1. The maximum absolute atomic E-state index is 11.6. The van der Waals surface area contributed by atoms with Gasteiger partial charge in [-0.3, -0.25) is 20.2 Å². The number of rotatable bonds is 2. The Hall–Kier alpha value is -2.35. The summed E-state index contributed by atoms with van der Waals surface area (Å²) in [4.78, 5) is 38.4. The largest absolute Gasteiger partial charge is 0.444 e. The Morgan fingerprint density at radius 1 is 1.36 bits per heavy atom. The Labute approximate surface area is 131 Å². The molecule has 1 fully saturated rings. The molecular weight excluding hydrogens is 306 g/mol. The molecule has 1 saturated heterocycles. The van der Waals surface area contributed by atoms with E-state index in [1.54, 1.807) is 39.0 Å². The predicted molar refractivity (Wildman–Crippen MR) is 83.2 cm³/mol. The summed E-state index contributed by atoms with van der Waals surface area (Å²) < 4.78 is 5.11. The third-order valence-corrected chi connectivity index (χ3v) is 3.17. The van der Waals surface area contributed by atoms with Crippen molar-refractivity contribution < 1.29 is 19.1 Å². The molecule has 0 unspecified atom stereocenters. The van der Waals surface area contributed by atoms with Crippen LogP contribution in [0.25, 0.3) is 6.08 Å². The van der Waals surface area contributed by atoms with E-state index in [2.05, 4.69) is 15.6 Å². The molecule has 0 saturated carbocycles. The second kappa shape index (κ2) is 6.18. The van der Waals surface area contributed by atoms with Gasteiger partial charge in [0.05, 0.1) is 4.91 Å². The monoisotopic (exact) mass is 321 g/mol. The van der Waals surface area contributed by atoms with Crippen molar-refractivity contribution in [3.8, 4) is 0 Å². The molecule has 7 nitrogen and oxygen atoms in total. The molecule has 3 amide bonds. The van der Waals surface area contributed by atoms with E-state index in [4.69, 9.17) is 4.74 Å². The average Bonchev–Trinajstić information content (AvgIpc) is 2.68. The van der Waals surface area contributed by atoms with Crippen LogP contribution in [0.5, 0.6) is 0 Å². The van der Waals surface area contributed by atoms with Crippen molar-refractivity contribution in [2.24, 2.45) is 0 Å². The molecule has 0 aliphatic carbocycles. The molecule has 1 aromatic heterocycles. The quantitative estimate of drug-likeness (QED) is 0.813. The van der Waals surface area contributed by atoms with Crippen LogP contribution >= 0.6 is 11.8 Å². The summed E-state index contributed by atoms with van der Waals surface area (Å²) in [6, 6.07) is 3.25. The molecule has 0 aromatic carbocycles. The maximum Gasteiger partial charge on any atom is 0.413 e. The van der Waals surface area contributed by atoms with E-state index >= 15 is 0 Å². The first-order valence-corrected chi connectivity index (χ1v) is 7.25. The number of nitrogens with one attached hydrogen (secondary N) is 2. The van der Waals surface area contributed by atoms with Crippen molar-refractivity contribution in [1.82, 2.24) is 10.3 Å². The first-order valence-electron chi connectivity index (χ1n) is 6.44. The Balaban J connectivity index is 2.02. The van der Waals surface area contributed by atoms with Crippen LogP contribution in [0.2, 0.25) is 0 Å². The summed E-state index contributed by atoms with van der Waals surface area (Å²) in [6.07, 6.45) is 2.44. The Bertz CT molecular complexity index is 647.